The number of amides is 1. The average Bonchev–Trinajstić information content (AvgIpc) is 3.51. The molecule has 0 atom stereocenters. The number of fused-ring (bicyclic) bond motifs is 1. The van der Waals surface area contributed by atoms with Crippen LogP contribution in [0.5, 0.6) is 0 Å². The lowest BCUT2D eigenvalue weighted by molar-refractivity contribution is -0.105. The van der Waals surface area contributed by atoms with Gasteiger partial charge in [-0.25, -0.2) is 0 Å². The third-order valence-corrected chi connectivity index (χ3v) is 5.72. The molecular weight excluding hydrogens is 460 g/mol. The molecule has 0 aliphatic carbocycles. The van der Waals surface area contributed by atoms with Crippen molar-refractivity contribution in [1.29, 1.82) is 0 Å². The zero-order valence-corrected chi connectivity index (χ0v) is 19.6. The van der Waals surface area contributed by atoms with Crippen LogP contribution in [0.2, 0.25) is 0 Å². The summed E-state index contributed by atoms with van der Waals surface area (Å²) in [6.45, 7) is 4.22. The highest BCUT2D eigenvalue weighted by molar-refractivity contribution is 5.86. The number of hydrogen-bond acceptors (Lipinski definition) is 8. The van der Waals surface area contributed by atoms with E-state index in [1.807, 2.05) is 54.9 Å². The van der Waals surface area contributed by atoms with Crippen LogP contribution in [0, 0.1) is 0 Å². The number of H-pyrrole nitrogens is 1. The summed E-state index contributed by atoms with van der Waals surface area (Å²) in [5, 5.41) is 14.5. The third-order valence-electron chi connectivity index (χ3n) is 5.72. The Balaban J connectivity index is 1.55. The normalized spacial score (nSPS) is 11.2. The molecule has 0 unspecified atom stereocenters. The molecule has 2 aromatic carbocycles. The summed E-state index contributed by atoms with van der Waals surface area (Å²) < 4.78 is 7.77. The van der Waals surface area contributed by atoms with E-state index in [-0.39, 0.29) is 24.1 Å². The zero-order valence-electron chi connectivity index (χ0n) is 19.6. The fourth-order valence-electron chi connectivity index (χ4n) is 3.97. The van der Waals surface area contributed by atoms with Crippen molar-refractivity contribution >= 4 is 34.8 Å². The second-order valence-corrected chi connectivity index (χ2v) is 8.40. The topological polar surface area (TPSA) is 157 Å². The van der Waals surface area contributed by atoms with Gasteiger partial charge in [0.25, 0.3) is 5.56 Å². The van der Waals surface area contributed by atoms with Crippen LogP contribution in [0.25, 0.3) is 33.9 Å². The fraction of sp³-hybridized carbons (Fsp3) is 0.160. The lowest BCUT2D eigenvalue weighted by Gasteiger charge is -2.13. The Bertz CT molecular complexity index is 1600. The number of hydrogen-bond donors (Lipinski definition) is 4. The molecule has 3 heterocycles. The number of aromatic nitrogens is 5. The van der Waals surface area contributed by atoms with Gasteiger partial charge in [0.1, 0.15) is 5.65 Å². The van der Waals surface area contributed by atoms with Crippen LogP contribution in [0.3, 0.4) is 0 Å². The molecule has 11 heteroatoms. The van der Waals surface area contributed by atoms with E-state index in [2.05, 4.69) is 30.8 Å². The van der Waals surface area contributed by atoms with Crippen LogP contribution < -0.4 is 21.9 Å². The van der Waals surface area contributed by atoms with Crippen molar-refractivity contribution in [3.63, 3.8) is 0 Å². The standard InChI is InChI=1S/C25H24N8O3/c1-14(2)33-12-17(11-26)20-21(33)29-25(30-22(20)35)28-19-10-16(8-9-18(19)27-13-34)24-32-31-23(36-24)15-6-4-3-5-7-15/h3-10,12-14H,11,26H2,1-2H3,(H,27,34)(H2,28,29,30,35). The quantitative estimate of drug-likeness (QED) is 0.242. The van der Waals surface area contributed by atoms with E-state index in [4.69, 9.17) is 10.2 Å². The Morgan fingerprint density at radius 3 is 2.53 bits per heavy atom. The maximum atomic E-state index is 12.9. The first-order valence-electron chi connectivity index (χ1n) is 11.3. The molecule has 5 rings (SSSR count). The lowest BCUT2D eigenvalue weighted by Crippen LogP contribution is -2.14. The van der Waals surface area contributed by atoms with Crippen LogP contribution in [0.15, 0.2) is 63.9 Å². The van der Waals surface area contributed by atoms with Crippen molar-refractivity contribution in [1.82, 2.24) is 24.7 Å². The first-order chi connectivity index (χ1) is 17.5. The monoisotopic (exact) mass is 484 g/mol. The molecular formula is C25H24N8O3. The predicted molar refractivity (Wildman–Crippen MR) is 137 cm³/mol. The molecule has 0 aliphatic heterocycles. The van der Waals surface area contributed by atoms with Crippen molar-refractivity contribution in [3.8, 4) is 22.9 Å². The number of benzene rings is 2. The van der Waals surface area contributed by atoms with E-state index < -0.39 is 0 Å². The molecule has 0 saturated heterocycles. The van der Waals surface area contributed by atoms with Gasteiger partial charge in [-0.3, -0.25) is 14.6 Å². The minimum atomic E-state index is -0.312. The minimum Gasteiger partial charge on any atom is -0.416 e. The summed E-state index contributed by atoms with van der Waals surface area (Å²) in [5.74, 6) is 0.891. The van der Waals surface area contributed by atoms with Gasteiger partial charge in [0.15, 0.2) is 0 Å². The summed E-state index contributed by atoms with van der Waals surface area (Å²) in [5.41, 5.74) is 9.14. The van der Waals surface area contributed by atoms with Crippen LogP contribution in [0.4, 0.5) is 17.3 Å². The van der Waals surface area contributed by atoms with Gasteiger partial charge < -0.3 is 25.4 Å². The van der Waals surface area contributed by atoms with E-state index in [1.165, 1.54) is 0 Å². The van der Waals surface area contributed by atoms with Crippen LogP contribution in [-0.4, -0.2) is 31.1 Å². The Kier molecular flexibility index (Phi) is 6.05. The second kappa shape index (κ2) is 9.47. The highest BCUT2D eigenvalue weighted by atomic mass is 16.4. The molecule has 5 aromatic rings. The van der Waals surface area contributed by atoms with Gasteiger partial charge in [0.2, 0.25) is 24.1 Å². The molecule has 0 bridgehead atoms. The summed E-state index contributed by atoms with van der Waals surface area (Å²) in [7, 11) is 0. The first-order valence-corrected chi connectivity index (χ1v) is 11.3. The number of nitrogens with zero attached hydrogens (tertiary/aromatic N) is 4. The first kappa shape index (κ1) is 23.0. The molecule has 5 N–H and O–H groups in total. The number of nitrogens with one attached hydrogen (secondary N) is 3. The zero-order chi connectivity index (χ0) is 25.2. The SMILES string of the molecule is CC(C)n1cc(CN)c2c(=O)[nH]c(Nc3cc(-c4nnc(-c5ccccc5)o4)ccc3NC=O)nc21. The van der Waals surface area contributed by atoms with Gasteiger partial charge in [0, 0.05) is 29.9 Å². The van der Waals surface area contributed by atoms with Crippen molar-refractivity contribution in [2.45, 2.75) is 26.4 Å². The minimum absolute atomic E-state index is 0.0712. The number of nitrogens with two attached hydrogens (primary N) is 1. The molecule has 0 radical (unpaired) electrons. The average molecular weight is 485 g/mol. The number of aromatic amines is 1. The number of carbonyl (C=O) groups is 1. The highest BCUT2D eigenvalue weighted by Gasteiger charge is 2.17. The molecule has 0 saturated carbocycles. The van der Waals surface area contributed by atoms with Gasteiger partial charge in [0.05, 0.1) is 16.8 Å². The fourth-order valence-corrected chi connectivity index (χ4v) is 3.97. The molecule has 36 heavy (non-hydrogen) atoms. The Morgan fingerprint density at radius 1 is 1.08 bits per heavy atom. The maximum Gasteiger partial charge on any atom is 0.262 e. The molecule has 0 spiro atoms. The van der Waals surface area contributed by atoms with Gasteiger partial charge in [-0.2, -0.15) is 4.98 Å². The molecule has 11 nitrogen and oxygen atoms in total. The van der Waals surface area contributed by atoms with E-state index in [9.17, 15) is 9.59 Å². The Labute approximate surface area is 205 Å². The van der Waals surface area contributed by atoms with Crippen LogP contribution in [0.1, 0.15) is 25.5 Å². The third kappa shape index (κ3) is 4.23. The smallest absolute Gasteiger partial charge is 0.262 e. The van der Waals surface area contributed by atoms with E-state index in [0.29, 0.717) is 46.2 Å². The lowest BCUT2D eigenvalue weighted by atomic mass is 10.1. The Morgan fingerprint density at radius 2 is 1.83 bits per heavy atom. The maximum absolute atomic E-state index is 12.9. The largest absolute Gasteiger partial charge is 0.416 e. The number of anilines is 3. The van der Waals surface area contributed by atoms with Gasteiger partial charge in [-0.05, 0) is 49.7 Å². The molecule has 3 aromatic heterocycles. The van der Waals surface area contributed by atoms with Crippen molar-refractivity contribution in [3.05, 3.63) is 70.6 Å². The van der Waals surface area contributed by atoms with Gasteiger partial charge in [-0.1, -0.05) is 18.2 Å². The molecule has 1 amide bonds. The molecule has 0 aliphatic rings. The second-order valence-electron chi connectivity index (χ2n) is 8.40. The number of carbonyl (C=O) groups excluding carboxylic acids is 1. The Hall–Kier alpha value is -4.77. The summed E-state index contributed by atoms with van der Waals surface area (Å²) in [6.07, 6.45) is 2.42. The highest BCUT2D eigenvalue weighted by Crippen LogP contribution is 2.31. The molecule has 182 valence electrons. The van der Waals surface area contributed by atoms with Crippen LogP contribution >= 0.6 is 0 Å². The van der Waals surface area contributed by atoms with E-state index in [1.54, 1.807) is 18.2 Å². The van der Waals surface area contributed by atoms with Crippen molar-refractivity contribution < 1.29 is 9.21 Å². The van der Waals surface area contributed by atoms with Gasteiger partial charge >= 0.3 is 0 Å². The van der Waals surface area contributed by atoms with Crippen LogP contribution in [-0.2, 0) is 11.3 Å². The van der Waals surface area contributed by atoms with E-state index >= 15 is 0 Å². The summed E-state index contributed by atoms with van der Waals surface area (Å²) in [4.78, 5) is 31.6. The number of rotatable bonds is 8. The van der Waals surface area contributed by atoms with Crippen molar-refractivity contribution in [2.24, 2.45) is 5.73 Å². The van der Waals surface area contributed by atoms with Gasteiger partial charge in [-0.15, -0.1) is 10.2 Å². The van der Waals surface area contributed by atoms with E-state index in [0.717, 1.165) is 11.1 Å². The van der Waals surface area contributed by atoms with Crippen molar-refractivity contribution in [2.75, 3.05) is 10.6 Å². The summed E-state index contributed by atoms with van der Waals surface area (Å²) >= 11 is 0. The summed E-state index contributed by atoms with van der Waals surface area (Å²) in [6, 6.07) is 14.7. The molecule has 0 fully saturated rings. The predicted octanol–water partition coefficient (Wildman–Crippen LogP) is 3.79.